The van der Waals surface area contributed by atoms with E-state index in [1.807, 2.05) is 37.3 Å². The molecular weight excluding hydrogens is 386 g/mol. The molecule has 148 valence electrons. The molecule has 2 aromatic carbocycles. The fourth-order valence-corrected chi connectivity index (χ4v) is 4.52. The summed E-state index contributed by atoms with van der Waals surface area (Å²) in [5, 5.41) is 1.63. The van der Waals surface area contributed by atoms with Gasteiger partial charge in [0.05, 0.1) is 17.0 Å². The fraction of sp³-hybridized carbons (Fsp3) is 0.182. The van der Waals surface area contributed by atoms with Crippen molar-refractivity contribution >= 4 is 31.8 Å². The van der Waals surface area contributed by atoms with Crippen LogP contribution in [0.25, 0.3) is 21.8 Å². The van der Waals surface area contributed by atoms with Gasteiger partial charge in [-0.05, 0) is 49.2 Å². The molecule has 0 fully saturated rings. The molecule has 0 aliphatic rings. The molecule has 2 heterocycles. The van der Waals surface area contributed by atoms with E-state index >= 15 is 0 Å². The zero-order valence-electron chi connectivity index (χ0n) is 16.0. The normalized spacial score (nSPS) is 11.8. The van der Waals surface area contributed by atoms with Crippen molar-refractivity contribution in [2.45, 2.75) is 18.2 Å². The number of nitrogens with zero attached hydrogens (tertiary/aromatic N) is 2. The fourth-order valence-electron chi connectivity index (χ4n) is 3.25. The molecule has 0 saturated heterocycles. The number of nitrogens with one attached hydrogen (secondary N) is 1. The Hall–Kier alpha value is -3.03. The van der Waals surface area contributed by atoms with E-state index < -0.39 is 10.0 Å². The summed E-state index contributed by atoms with van der Waals surface area (Å²) in [5.74, 6) is 0.696. The summed E-state index contributed by atoms with van der Waals surface area (Å²) >= 11 is 0. The molecule has 0 saturated carbocycles. The van der Waals surface area contributed by atoms with Crippen molar-refractivity contribution in [2.24, 2.45) is 0 Å². The molecule has 2 aromatic heterocycles. The van der Waals surface area contributed by atoms with Gasteiger partial charge < -0.3 is 4.74 Å². The Morgan fingerprint density at radius 3 is 2.55 bits per heavy atom. The molecule has 0 aliphatic carbocycles. The Bertz CT molecular complexity index is 1270. The predicted molar refractivity (Wildman–Crippen MR) is 114 cm³/mol. The number of rotatable bonds is 7. The highest BCUT2D eigenvalue weighted by Gasteiger charge is 2.18. The smallest absolute Gasteiger partial charge is 0.241 e. The van der Waals surface area contributed by atoms with Crippen LogP contribution in [0.3, 0.4) is 0 Å². The van der Waals surface area contributed by atoms with E-state index in [4.69, 9.17) is 4.74 Å². The van der Waals surface area contributed by atoms with Crippen LogP contribution in [0.5, 0.6) is 5.75 Å². The average Bonchev–Trinajstić information content (AvgIpc) is 2.74. The predicted octanol–water partition coefficient (Wildman–Crippen LogP) is 3.84. The van der Waals surface area contributed by atoms with Gasteiger partial charge in [0.1, 0.15) is 11.3 Å². The highest BCUT2D eigenvalue weighted by atomic mass is 32.2. The van der Waals surface area contributed by atoms with Gasteiger partial charge in [0.25, 0.3) is 0 Å². The minimum atomic E-state index is -3.64. The highest BCUT2D eigenvalue weighted by molar-refractivity contribution is 7.89. The summed E-state index contributed by atoms with van der Waals surface area (Å²) in [6.07, 6.45) is 3.92. The number of hydrogen-bond donors (Lipinski definition) is 1. The van der Waals surface area contributed by atoms with E-state index in [0.29, 0.717) is 29.7 Å². The van der Waals surface area contributed by atoms with Crippen molar-refractivity contribution in [1.82, 2.24) is 14.7 Å². The first kappa shape index (κ1) is 19.3. The summed E-state index contributed by atoms with van der Waals surface area (Å²) in [4.78, 5) is 8.90. The van der Waals surface area contributed by atoms with Crippen LogP contribution in [0.2, 0.25) is 0 Å². The molecule has 1 N–H and O–H groups in total. The Kier molecular flexibility index (Phi) is 5.42. The maximum absolute atomic E-state index is 12.8. The van der Waals surface area contributed by atoms with Crippen LogP contribution in [-0.4, -0.2) is 31.5 Å². The Balaban J connectivity index is 1.40. The molecule has 4 aromatic rings. The van der Waals surface area contributed by atoms with Crippen LogP contribution >= 0.6 is 0 Å². The standard InChI is InChI=1S/C22H21N3O3S/c1-16-10-11-20(18-8-4-13-23-21(16)18)29(26,27)25-14-5-15-28-19-9-2-6-17-7-3-12-24-22(17)19/h2-4,6-13,25H,5,14-15H2,1H3. The second kappa shape index (κ2) is 8.14. The Morgan fingerprint density at radius 1 is 0.931 bits per heavy atom. The Morgan fingerprint density at radius 2 is 1.69 bits per heavy atom. The van der Waals surface area contributed by atoms with Crippen molar-refractivity contribution in [3.05, 3.63) is 72.6 Å². The van der Waals surface area contributed by atoms with Crippen molar-refractivity contribution in [3.8, 4) is 5.75 Å². The van der Waals surface area contributed by atoms with Gasteiger partial charge in [-0.2, -0.15) is 0 Å². The van der Waals surface area contributed by atoms with Crippen molar-refractivity contribution in [2.75, 3.05) is 13.2 Å². The van der Waals surface area contributed by atoms with Crippen LogP contribution < -0.4 is 9.46 Å². The molecule has 0 unspecified atom stereocenters. The molecule has 0 radical (unpaired) electrons. The van der Waals surface area contributed by atoms with E-state index in [9.17, 15) is 8.42 Å². The van der Waals surface area contributed by atoms with E-state index in [2.05, 4.69) is 14.7 Å². The molecule has 0 bridgehead atoms. The number of benzene rings is 2. The average molecular weight is 407 g/mol. The van der Waals surface area contributed by atoms with Gasteiger partial charge in [0, 0.05) is 29.7 Å². The first-order valence-corrected chi connectivity index (χ1v) is 10.9. The number of sulfonamides is 1. The number of para-hydroxylation sites is 1. The van der Waals surface area contributed by atoms with Crippen LogP contribution in [0.4, 0.5) is 0 Å². The van der Waals surface area contributed by atoms with Crippen LogP contribution in [0.1, 0.15) is 12.0 Å². The van der Waals surface area contributed by atoms with E-state index in [0.717, 1.165) is 16.5 Å². The van der Waals surface area contributed by atoms with E-state index in [1.165, 1.54) is 0 Å². The number of pyridine rings is 2. The quantitative estimate of drug-likeness (QED) is 0.471. The molecule has 0 spiro atoms. The summed E-state index contributed by atoms with van der Waals surface area (Å²) in [7, 11) is -3.64. The number of hydrogen-bond acceptors (Lipinski definition) is 5. The third-order valence-electron chi connectivity index (χ3n) is 4.69. The lowest BCUT2D eigenvalue weighted by atomic mass is 10.1. The topological polar surface area (TPSA) is 81.2 Å². The third kappa shape index (κ3) is 4.06. The minimum absolute atomic E-state index is 0.241. The molecule has 0 amide bonds. The van der Waals surface area contributed by atoms with Gasteiger partial charge in [0.15, 0.2) is 0 Å². The van der Waals surface area contributed by atoms with Gasteiger partial charge in [0.2, 0.25) is 10.0 Å². The maximum atomic E-state index is 12.8. The second-order valence-corrected chi connectivity index (χ2v) is 8.45. The number of aryl methyl sites for hydroxylation is 1. The lowest BCUT2D eigenvalue weighted by Crippen LogP contribution is -2.26. The first-order valence-electron chi connectivity index (χ1n) is 9.37. The largest absolute Gasteiger partial charge is 0.491 e. The van der Waals surface area contributed by atoms with Gasteiger partial charge in [-0.3, -0.25) is 9.97 Å². The van der Waals surface area contributed by atoms with Crippen LogP contribution in [0, 0.1) is 6.92 Å². The SMILES string of the molecule is Cc1ccc(S(=O)(=O)NCCCOc2cccc3cccnc23)c2cccnc12. The first-order chi connectivity index (χ1) is 14.1. The molecule has 7 heteroatoms. The number of ether oxygens (including phenoxy) is 1. The molecule has 0 atom stereocenters. The van der Waals surface area contributed by atoms with Crippen molar-refractivity contribution < 1.29 is 13.2 Å². The van der Waals surface area contributed by atoms with Crippen molar-refractivity contribution in [1.29, 1.82) is 0 Å². The monoisotopic (exact) mass is 407 g/mol. The van der Waals surface area contributed by atoms with E-state index in [1.54, 1.807) is 36.7 Å². The molecule has 0 aliphatic heterocycles. The zero-order chi connectivity index (χ0) is 20.3. The zero-order valence-corrected chi connectivity index (χ0v) is 16.8. The van der Waals surface area contributed by atoms with Crippen molar-refractivity contribution in [3.63, 3.8) is 0 Å². The molecule has 6 nitrogen and oxygen atoms in total. The third-order valence-corrected chi connectivity index (χ3v) is 6.21. The maximum Gasteiger partial charge on any atom is 0.241 e. The summed E-state index contributed by atoms with van der Waals surface area (Å²) in [5.41, 5.74) is 2.44. The van der Waals surface area contributed by atoms with Gasteiger partial charge in [-0.1, -0.05) is 24.3 Å². The Labute approximate surface area is 169 Å². The van der Waals surface area contributed by atoms with E-state index in [-0.39, 0.29) is 11.4 Å². The molecule has 4 rings (SSSR count). The molecule has 29 heavy (non-hydrogen) atoms. The lowest BCUT2D eigenvalue weighted by molar-refractivity contribution is 0.314. The lowest BCUT2D eigenvalue weighted by Gasteiger charge is -2.11. The second-order valence-electron chi connectivity index (χ2n) is 6.71. The summed E-state index contributed by atoms with van der Waals surface area (Å²) < 4.78 is 34.0. The van der Waals surface area contributed by atoms with Gasteiger partial charge >= 0.3 is 0 Å². The van der Waals surface area contributed by atoms with Crippen LogP contribution in [-0.2, 0) is 10.0 Å². The number of aromatic nitrogens is 2. The highest BCUT2D eigenvalue weighted by Crippen LogP contribution is 2.24. The molecular formula is C22H21N3O3S. The summed E-state index contributed by atoms with van der Waals surface area (Å²) in [6.45, 7) is 2.57. The minimum Gasteiger partial charge on any atom is -0.491 e. The summed E-state index contributed by atoms with van der Waals surface area (Å²) in [6, 6.07) is 16.5. The van der Waals surface area contributed by atoms with Crippen LogP contribution in [0.15, 0.2) is 71.9 Å². The van der Waals surface area contributed by atoms with Gasteiger partial charge in [-0.15, -0.1) is 0 Å². The number of fused-ring (bicyclic) bond motifs is 2. The van der Waals surface area contributed by atoms with Gasteiger partial charge in [-0.25, -0.2) is 13.1 Å².